The Hall–Kier alpha value is -2.33. The lowest BCUT2D eigenvalue weighted by molar-refractivity contribution is 0.0686. The number of alkyl halides is 1. The molecule has 0 fully saturated rings. The molecule has 1 atom stereocenters. The molecule has 0 radical (unpaired) electrons. The van der Waals surface area contributed by atoms with Gasteiger partial charge in [0, 0.05) is 0 Å². The molecule has 0 spiro atoms. The maximum atomic E-state index is 10.9. The van der Waals surface area contributed by atoms with Crippen LogP contribution in [0.4, 0.5) is 0 Å². The average Bonchev–Trinajstić information content (AvgIpc) is 2.47. The number of hydrogen-bond donors (Lipinski definition) is 2. The molecule has 108 valence electrons. The first-order valence-corrected chi connectivity index (χ1v) is 6.70. The minimum absolute atomic E-state index is 0.204. The predicted molar refractivity (Wildman–Crippen MR) is 79.1 cm³/mol. The van der Waals surface area contributed by atoms with E-state index >= 15 is 0 Å². The summed E-state index contributed by atoms with van der Waals surface area (Å²) in [6.07, 6.45) is 0.467. The lowest BCUT2D eigenvalue weighted by Gasteiger charge is -2.11. The topological polar surface area (TPSA) is 74.6 Å². The van der Waals surface area contributed by atoms with Crippen LogP contribution in [0.5, 0.6) is 0 Å². The quantitative estimate of drug-likeness (QED) is 0.828. The fraction of sp³-hybridized carbons (Fsp3) is 0.125. The number of aromatic carboxylic acids is 2. The van der Waals surface area contributed by atoms with Gasteiger partial charge in [0.05, 0.1) is 16.5 Å². The SMILES string of the molecule is O=C(O)c1ccc(C(Cl)Cc2cccc(C(=O)O)c2)cc1. The number of hydrogen-bond acceptors (Lipinski definition) is 2. The van der Waals surface area contributed by atoms with Crippen molar-refractivity contribution in [3.8, 4) is 0 Å². The predicted octanol–water partition coefficient (Wildman–Crippen LogP) is 3.61. The zero-order valence-corrected chi connectivity index (χ0v) is 11.7. The van der Waals surface area contributed by atoms with Gasteiger partial charge in [0.1, 0.15) is 0 Å². The third-order valence-corrected chi connectivity index (χ3v) is 3.51. The van der Waals surface area contributed by atoms with Crippen LogP contribution in [0.1, 0.15) is 37.2 Å². The van der Waals surface area contributed by atoms with Crippen molar-refractivity contribution in [2.75, 3.05) is 0 Å². The summed E-state index contributed by atoms with van der Waals surface area (Å²) in [7, 11) is 0. The normalized spacial score (nSPS) is 11.9. The molecule has 4 nitrogen and oxygen atoms in total. The molecular weight excluding hydrogens is 292 g/mol. The van der Waals surface area contributed by atoms with Gasteiger partial charge >= 0.3 is 11.9 Å². The van der Waals surface area contributed by atoms with Gasteiger partial charge in [-0.1, -0.05) is 24.3 Å². The zero-order chi connectivity index (χ0) is 15.4. The Labute approximate surface area is 126 Å². The standard InChI is InChI=1S/C16H13ClO4/c17-14(11-4-6-12(7-5-11)15(18)19)9-10-2-1-3-13(8-10)16(20)21/h1-8,14H,9H2,(H,18,19)(H,20,21). The second kappa shape index (κ2) is 6.41. The number of carboxylic acids is 2. The summed E-state index contributed by atoms with van der Waals surface area (Å²) in [5, 5.41) is 17.4. The fourth-order valence-corrected chi connectivity index (χ4v) is 2.31. The van der Waals surface area contributed by atoms with Crippen LogP contribution in [0.3, 0.4) is 0 Å². The van der Waals surface area contributed by atoms with E-state index in [0.717, 1.165) is 11.1 Å². The van der Waals surface area contributed by atoms with Crippen molar-refractivity contribution in [1.82, 2.24) is 0 Å². The molecule has 0 amide bonds. The molecular formula is C16H13ClO4. The Morgan fingerprint density at radius 1 is 0.952 bits per heavy atom. The summed E-state index contributed by atoms with van der Waals surface area (Å²) in [5.74, 6) is -1.96. The molecule has 2 rings (SSSR count). The van der Waals surface area contributed by atoms with E-state index in [1.54, 1.807) is 24.3 Å². The van der Waals surface area contributed by atoms with Crippen molar-refractivity contribution in [2.24, 2.45) is 0 Å². The zero-order valence-electron chi connectivity index (χ0n) is 11.0. The van der Waals surface area contributed by atoms with Crippen molar-refractivity contribution < 1.29 is 19.8 Å². The van der Waals surface area contributed by atoms with Gasteiger partial charge in [-0.25, -0.2) is 9.59 Å². The summed E-state index contributed by atoms with van der Waals surface area (Å²) in [4.78, 5) is 21.7. The highest BCUT2D eigenvalue weighted by Gasteiger charge is 2.12. The Balaban J connectivity index is 2.13. The third kappa shape index (κ3) is 3.83. The van der Waals surface area contributed by atoms with Gasteiger partial charge in [0.25, 0.3) is 0 Å². The maximum absolute atomic E-state index is 10.9. The molecule has 0 aromatic heterocycles. The molecule has 0 saturated carbocycles. The highest BCUT2D eigenvalue weighted by Crippen LogP contribution is 2.25. The molecule has 2 aromatic carbocycles. The summed E-state index contributed by atoms with van der Waals surface area (Å²) >= 11 is 6.31. The van der Waals surface area contributed by atoms with Crippen molar-refractivity contribution in [3.63, 3.8) is 0 Å². The lowest BCUT2D eigenvalue weighted by Crippen LogP contribution is -2.01. The first-order valence-electron chi connectivity index (χ1n) is 6.27. The number of carboxylic acid groups (broad SMARTS) is 2. The van der Waals surface area contributed by atoms with Crippen molar-refractivity contribution in [1.29, 1.82) is 0 Å². The first kappa shape index (κ1) is 15.1. The largest absolute Gasteiger partial charge is 0.478 e. The van der Waals surface area contributed by atoms with Crippen molar-refractivity contribution in [2.45, 2.75) is 11.8 Å². The fourth-order valence-electron chi connectivity index (χ4n) is 1.99. The van der Waals surface area contributed by atoms with Crippen molar-refractivity contribution in [3.05, 3.63) is 70.8 Å². The van der Waals surface area contributed by atoms with Crippen LogP contribution in [-0.2, 0) is 6.42 Å². The van der Waals surface area contributed by atoms with E-state index in [2.05, 4.69) is 0 Å². The van der Waals surface area contributed by atoms with E-state index in [9.17, 15) is 9.59 Å². The van der Waals surface area contributed by atoms with E-state index in [4.69, 9.17) is 21.8 Å². The van der Waals surface area contributed by atoms with Crippen LogP contribution in [0.25, 0.3) is 0 Å². The minimum Gasteiger partial charge on any atom is -0.478 e. The van der Waals surface area contributed by atoms with Crippen LogP contribution < -0.4 is 0 Å². The molecule has 0 aliphatic rings. The summed E-state index contributed by atoms with van der Waals surface area (Å²) in [6, 6.07) is 12.9. The Morgan fingerprint density at radius 3 is 2.14 bits per heavy atom. The van der Waals surface area contributed by atoms with E-state index in [1.165, 1.54) is 18.2 Å². The molecule has 21 heavy (non-hydrogen) atoms. The van der Waals surface area contributed by atoms with Crippen LogP contribution >= 0.6 is 11.6 Å². The van der Waals surface area contributed by atoms with Crippen LogP contribution in [-0.4, -0.2) is 22.2 Å². The molecule has 0 heterocycles. The van der Waals surface area contributed by atoms with E-state index in [1.807, 2.05) is 6.07 Å². The molecule has 0 bridgehead atoms. The molecule has 0 saturated heterocycles. The van der Waals surface area contributed by atoms with E-state index in [0.29, 0.717) is 6.42 Å². The number of halogens is 1. The number of rotatable bonds is 5. The molecule has 1 unspecified atom stereocenters. The van der Waals surface area contributed by atoms with Crippen LogP contribution in [0.15, 0.2) is 48.5 Å². The van der Waals surface area contributed by atoms with Gasteiger partial charge in [-0.2, -0.15) is 0 Å². The van der Waals surface area contributed by atoms with Crippen LogP contribution in [0, 0.1) is 0 Å². The van der Waals surface area contributed by atoms with Crippen LogP contribution in [0.2, 0.25) is 0 Å². The van der Waals surface area contributed by atoms with E-state index in [-0.39, 0.29) is 16.5 Å². The molecule has 0 aliphatic heterocycles. The molecule has 2 aromatic rings. The summed E-state index contributed by atoms with van der Waals surface area (Å²) in [6.45, 7) is 0. The summed E-state index contributed by atoms with van der Waals surface area (Å²) in [5.41, 5.74) is 2.03. The molecule has 5 heteroatoms. The number of benzene rings is 2. The first-order chi connectivity index (χ1) is 9.97. The van der Waals surface area contributed by atoms with Gasteiger partial charge in [-0.15, -0.1) is 11.6 Å². The second-order valence-electron chi connectivity index (χ2n) is 4.60. The van der Waals surface area contributed by atoms with Gasteiger partial charge in [0.15, 0.2) is 0 Å². The van der Waals surface area contributed by atoms with Gasteiger partial charge in [-0.3, -0.25) is 0 Å². The number of carbonyl (C=O) groups is 2. The smallest absolute Gasteiger partial charge is 0.335 e. The van der Waals surface area contributed by atoms with Gasteiger partial charge in [0.2, 0.25) is 0 Å². The highest BCUT2D eigenvalue weighted by molar-refractivity contribution is 6.21. The Kier molecular flexibility index (Phi) is 4.60. The van der Waals surface area contributed by atoms with Gasteiger partial charge in [-0.05, 0) is 41.8 Å². The average molecular weight is 305 g/mol. The lowest BCUT2D eigenvalue weighted by atomic mass is 10.0. The molecule has 0 aliphatic carbocycles. The maximum Gasteiger partial charge on any atom is 0.335 e. The van der Waals surface area contributed by atoms with Gasteiger partial charge < -0.3 is 10.2 Å². The monoisotopic (exact) mass is 304 g/mol. The summed E-state index contributed by atoms with van der Waals surface area (Å²) < 4.78 is 0. The second-order valence-corrected chi connectivity index (χ2v) is 5.13. The Morgan fingerprint density at radius 2 is 1.57 bits per heavy atom. The highest BCUT2D eigenvalue weighted by atomic mass is 35.5. The minimum atomic E-state index is -0.984. The van der Waals surface area contributed by atoms with Crippen molar-refractivity contribution >= 4 is 23.5 Å². The third-order valence-electron chi connectivity index (χ3n) is 3.11. The molecule has 2 N–H and O–H groups in total. The Bertz CT molecular complexity index is 664. The van der Waals surface area contributed by atoms with E-state index < -0.39 is 11.9 Å².